The topological polar surface area (TPSA) is 21.7 Å². The van der Waals surface area contributed by atoms with Crippen LogP contribution < -0.4 is 0 Å². The van der Waals surface area contributed by atoms with Crippen LogP contribution in [-0.4, -0.2) is 57.3 Å². The van der Waals surface area contributed by atoms with E-state index in [9.17, 15) is 0 Å². The zero-order valence-electron chi connectivity index (χ0n) is 10.0. The first kappa shape index (κ1) is 15.2. The van der Waals surface area contributed by atoms with Crippen molar-refractivity contribution in [1.82, 2.24) is 4.90 Å². The molecule has 0 saturated heterocycles. The van der Waals surface area contributed by atoms with Gasteiger partial charge in [0, 0.05) is 39.2 Å². The van der Waals surface area contributed by atoms with Crippen molar-refractivity contribution >= 4 is 11.6 Å². The molecule has 0 rings (SSSR count). The molecule has 0 aromatic heterocycles. The Morgan fingerprint density at radius 1 is 1.07 bits per heavy atom. The van der Waals surface area contributed by atoms with E-state index in [4.69, 9.17) is 21.1 Å². The van der Waals surface area contributed by atoms with E-state index < -0.39 is 0 Å². The first-order chi connectivity index (χ1) is 7.35. The molecule has 0 unspecified atom stereocenters. The molecule has 0 atom stereocenters. The Bertz CT molecular complexity index is 125. The summed E-state index contributed by atoms with van der Waals surface area (Å²) in [5.74, 6) is 0.665. The number of methoxy groups -OCH3 is 1. The third kappa shape index (κ3) is 10.5. The van der Waals surface area contributed by atoms with E-state index in [-0.39, 0.29) is 0 Å². The van der Waals surface area contributed by atoms with Gasteiger partial charge >= 0.3 is 0 Å². The number of alkyl halides is 1. The van der Waals surface area contributed by atoms with Crippen molar-refractivity contribution in [2.75, 3.05) is 52.4 Å². The molecule has 92 valence electrons. The first-order valence-corrected chi connectivity index (χ1v) is 6.23. The third-order valence-electron chi connectivity index (χ3n) is 2.21. The summed E-state index contributed by atoms with van der Waals surface area (Å²) in [6.07, 6.45) is 2.34. The lowest BCUT2D eigenvalue weighted by molar-refractivity contribution is 0.0893. The maximum atomic E-state index is 5.71. The van der Waals surface area contributed by atoms with Gasteiger partial charge in [0.2, 0.25) is 0 Å². The second-order valence-corrected chi connectivity index (χ2v) is 3.87. The van der Waals surface area contributed by atoms with Gasteiger partial charge in [0.1, 0.15) is 0 Å². The van der Waals surface area contributed by atoms with Gasteiger partial charge in [-0.15, -0.1) is 11.6 Å². The van der Waals surface area contributed by atoms with Crippen LogP contribution in [0, 0.1) is 0 Å². The van der Waals surface area contributed by atoms with Crippen molar-refractivity contribution in [3.05, 3.63) is 0 Å². The number of ether oxygens (including phenoxy) is 2. The molecule has 0 radical (unpaired) electrons. The molecule has 0 amide bonds. The number of halogens is 1. The third-order valence-corrected chi connectivity index (χ3v) is 2.38. The minimum atomic E-state index is 0.665. The Balaban J connectivity index is 3.38. The molecule has 4 heteroatoms. The molecule has 0 fully saturated rings. The summed E-state index contributed by atoms with van der Waals surface area (Å²) < 4.78 is 10.5. The minimum absolute atomic E-state index is 0.665. The quantitative estimate of drug-likeness (QED) is 0.405. The van der Waals surface area contributed by atoms with Gasteiger partial charge in [0.05, 0.1) is 13.2 Å². The number of rotatable bonds is 11. The van der Waals surface area contributed by atoms with Crippen molar-refractivity contribution in [1.29, 1.82) is 0 Å². The Kier molecular flexibility index (Phi) is 12.4. The predicted molar refractivity (Wildman–Crippen MR) is 64.8 cm³/mol. The van der Waals surface area contributed by atoms with Crippen molar-refractivity contribution < 1.29 is 9.47 Å². The second-order valence-electron chi connectivity index (χ2n) is 3.49. The van der Waals surface area contributed by atoms with Crippen molar-refractivity contribution in [3.8, 4) is 0 Å². The van der Waals surface area contributed by atoms with E-state index >= 15 is 0 Å². The van der Waals surface area contributed by atoms with E-state index in [1.54, 1.807) is 7.11 Å². The number of hydrogen-bond donors (Lipinski definition) is 0. The predicted octanol–water partition coefficient (Wildman–Crippen LogP) is 1.99. The lowest BCUT2D eigenvalue weighted by Crippen LogP contribution is -2.32. The summed E-state index contributed by atoms with van der Waals surface area (Å²) >= 11 is 5.71. The van der Waals surface area contributed by atoms with Crippen LogP contribution in [0.3, 0.4) is 0 Å². The Morgan fingerprint density at radius 2 is 1.80 bits per heavy atom. The normalized spacial score (nSPS) is 11.2. The molecule has 0 N–H and O–H groups in total. The molecule has 0 aromatic rings. The molecule has 0 spiro atoms. The SMILES string of the molecule is CCCCOCCN(CCCl)CCOC. The average molecular weight is 238 g/mol. The van der Waals surface area contributed by atoms with Gasteiger partial charge < -0.3 is 9.47 Å². The lowest BCUT2D eigenvalue weighted by Gasteiger charge is -2.20. The van der Waals surface area contributed by atoms with E-state index in [2.05, 4.69) is 11.8 Å². The average Bonchev–Trinajstić information content (AvgIpc) is 2.25. The Morgan fingerprint density at radius 3 is 2.40 bits per heavy atom. The van der Waals surface area contributed by atoms with Crippen LogP contribution in [0.15, 0.2) is 0 Å². The van der Waals surface area contributed by atoms with Gasteiger partial charge in [-0.2, -0.15) is 0 Å². The molecule has 0 heterocycles. The number of unbranched alkanes of at least 4 members (excludes halogenated alkanes) is 1. The molecule has 0 aliphatic rings. The lowest BCUT2D eigenvalue weighted by atomic mass is 10.4. The van der Waals surface area contributed by atoms with Gasteiger partial charge in [-0.1, -0.05) is 13.3 Å². The van der Waals surface area contributed by atoms with Crippen molar-refractivity contribution in [3.63, 3.8) is 0 Å². The molecule has 3 nitrogen and oxygen atoms in total. The van der Waals surface area contributed by atoms with Gasteiger partial charge in [-0.25, -0.2) is 0 Å². The Labute approximate surface area is 98.7 Å². The van der Waals surface area contributed by atoms with Crippen LogP contribution in [-0.2, 0) is 9.47 Å². The monoisotopic (exact) mass is 237 g/mol. The minimum Gasteiger partial charge on any atom is -0.383 e. The second kappa shape index (κ2) is 12.2. The summed E-state index contributed by atoms with van der Waals surface area (Å²) in [6, 6.07) is 0. The van der Waals surface area contributed by atoms with Gasteiger partial charge in [-0.3, -0.25) is 4.90 Å². The first-order valence-electron chi connectivity index (χ1n) is 5.70. The zero-order valence-corrected chi connectivity index (χ0v) is 10.8. The molecule has 0 bridgehead atoms. The van der Waals surface area contributed by atoms with Crippen LogP contribution in [0.4, 0.5) is 0 Å². The highest BCUT2D eigenvalue weighted by Gasteiger charge is 2.03. The molecule has 0 saturated carbocycles. The molecule has 0 aliphatic heterocycles. The summed E-state index contributed by atoms with van der Waals surface area (Å²) in [4.78, 5) is 2.27. The standard InChI is InChI=1S/C11H24ClNO2/c1-3-4-9-15-11-8-13(6-5-12)7-10-14-2/h3-11H2,1-2H3. The highest BCUT2D eigenvalue weighted by Crippen LogP contribution is 1.93. The highest BCUT2D eigenvalue weighted by atomic mass is 35.5. The summed E-state index contributed by atoms with van der Waals surface area (Å²) in [5.41, 5.74) is 0. The summed E-state index contributed by atoms with van der Waals surface area (Å²) in [7, 11) is 1.72. The molecule has 15 heavy (non-hydrogen) atoms. The van der Waals surface area contributed by atoms with E-state index in [0.29, 0.717) is 5.88 Å². The zero-order chi connectivity index (χ0) is 11.4. The number of nitrogens with zero attached hydrogens (tertiary/aromatic N) is 1. The van der Waals surface area contributed by atoms with Crippen LogP contribution in [0.1, 0.15) is 19.8 Å². The van der Waals surface area contributed by atoms with Gasteiger partial charge in [-0.05, 0) is 6.42 Å². The van der Waals surface area contributed by atoms with E-state index in [1.165, 1.54) is 6.42 Å². The van der Waals surface area contributed by atoms with E-state index in [1.807, 2.05) is 0 Å². The van der Waals surface area contributed by atoms with Gasteiger partial charge in [0.25, 0.3) is 0 Å². The van der Waals surface area contributed by atoms with Crippen LogP contribution in [0.5, 0.6) is 0 Å². The maximum Gasteiger partial charge on any atom is 0.0593 e. The summed E-state index contributed by atoms with van der Waals surface area (Å²) in [5, 5.41) is 0. The fourth-order valence-corrected chi connectivity index (χ4v) is 1.46. The van der Waals surface area contributed by atoms with E-state index in [0.717, 1.165) is 45.9 Å². The molecule has 0 aliphatic carbocycles. The van der Waals surface area contributed by atoms with Crippen LogP contribution >= 0.6 is 11.6 Å². The number of hydrogen-bond acceptors (Lipinski definition) is 3. The van der Waals surface area contributed by atoms with Crippen LogP contribution in [0.25, 0.3) is 0 Å². The van der Waals surface area contributed by atoms with Crippen LogP contribution in [0.2, 0.25) is 0 Å². The fourth-order valence-electron chi connectivity index (χ4n) is 1.22. The largest absolute Gasteiger partial charge is 0.383 e. The van der Waals surface area contributed by atoms with Gasteiger partial charge in [0.15, 0.2) is 0 Å². The van der Waals surface area contributed by atoms with Crippen molar-refractivity contribution in [2.45, 2.75) is 19.8 Å². The summed E-state index contributed by atoms with van der Waals surface area (Å²) in [6.45, 7) is 7.37. The highest BCUT2D eigenvalue weighted by molar-refractivity contribution is 6.18. The molecular weight excluding hydrogens is 214 g/mol. The Hall–Kier alpha value is 0.170. The maximum absolute atomic E-state index is 5.71. The van der Waals surface area contributed by atoms with Crippen molar-refractivity contribution in [2.24, 2.45) is 0 Å². The molecular formula is C11H24ClNO2. The molecule has 0 aromatic carbocycles. The fraction of sp³-hybridized carbons (Fsp3) is 1.00. The smallest absolute Gasteiger partial charge is 0.0593 e.